The average molecular weight is 418 g/mol. The molecule has 2 rings (SSSR count). The van der Waals surface area contributed by atoms with Gasteiger partial charge in [-0.2, -0.15) is 0 Å². The predicted octanol–water partition coefficient (Wildman–Crippen LogP) is 1.23. The van der Waals surface area contributed by atoms with E-state index in [4.69, 9.17) is 0 Å². The zero-order valence-electron chi connectivity index (χ0n) is 15.4. The minimum atomic E-state index is -3.43. The second-order valence-corrected chi connectivity index (χ2v) is 9.62. The third-order valence-electron chi connectivity index (χ3n) is 5.53. The van der Waals surface area contributed by atoms with Gasteiger partial charge in [0.05, 0.1) is 0 Å². The van der Waals surface area contributed by atoms with E-state index in [0.717, 1.165) is 19.0 Å². The van der Waals surface area contributed by atoms with Gasteiger partial charge in [-0.15, -0.1) is 24.8 Å². The summed E-state index contributed by atoms with van der Waals surface area (Å²) in [7, 11) is -3.43. The van der Waals surface area contributed by atoms with Crippen molar-refractivity contribution in [1.29, 1.82) is 0 Å². The van der Waals surface area contributed by atoms with Gasteiger partial charge in [0.1, 0.15) is 0 Å². The van der Waals surface area contributed by atoms with Gasteiger partial charge in [-0.25, -0.2) is 8.42 Å². The first-order valence-electron chi connectivity index (χ1n) is 8.69. The van der Waals surface area contributed by atoms with E-state index >= 15 is 0 Å². The molecule has 150 valence electrons. The number of rotatable bonds is 5. The number of halogens is 2. The van der Waals surface area contributed by atoms with E-state index < -0.39 is 14.6 Å². The van der Waals surface area contributed by atoms with Crippen molar-refractivity contribution in [2.75, 3.05) is 39.0 Å². The zero-order valence-corrected chi connectivity index (χ0v) is 17.9. The minimum Gasteiger partial charge on any atom is -0.353 e. The number of hydrogen-bond acceptors (Lipinski definition) is 5. The van der Waals surface area contributed by atoms with Crippen LogP contribution in [0.25, 0.3) is 0 Å². The van der Waals surface area contributed by atoms with E-state index in [9.17, 15) is 13.2 Å². The fourth-order valence-electron chi connectivity index (χ4n) is 3.60. The molecule has 0 spiro atoms. The topological polar surface area (TPSA) is 78.5 Å². The van der Waals surface area contributed by atoms with Crippen molar-refractivity contribution in [3.05, 3.63) is 0 Å². The second kappa shape index (κ2) is 10.3. The average Bonchev–Trinajstić information content (AvgIpc) is 2.52. The molecule has 9 heteroatoms. The lowest BCUT2D eigenvalue weighted by molar-refractivity contribution is -0.124. The fraction of sp³-hybridized carbons (Fsp3) is 0.938. The largest absolute Gasteiger partial charge is 0.353 e. The Hall–Kier alpha value is -0.0800. The summed E-state index contributed by atoms with van der Waals surface area (Å²) >= 11 is 0. The lowest BCUT2D eigenvalue weighted by atomic mass is 9.95. The molecule has 0 radical (unpaired) electrons. The first-order valence-corrected chi connectivity index (χ1v) is 10.6. The molecule has 0 aromatic carbocycles. The summed E-state index contributed by atoms with van der Waals surface area (Å²) in [4.78, 5) is 15.1. The molecular formula is C16H33Cl2N3O3S. The van der Waals surface area contributed by atoms with Crippen molar-refractivity contribution < 1.29 is 13.2 Å². The summed E-state index contributed by atoms with van der Waals surface area (Å²) in [5, 5.41) is 6.05. The third kappa shape index (κ3) is 5.96. The molecule has 0 bridgehead atoms. The quantitative estimate of drug-likeness (QED) is 0.702. The van der Waals surface area contributed by atoms with Crippen LogP contribution in [0.5, 0.6) is 0 Å². The molecule has 2 heterocycles. The molecule has 6 nitrogen and oxygen atoms in total. The Kier molecular flexibility index (Phi) is 10.3. The van der Waals surface area contributed by atoms with Crippen LogP contribution in [0.2, 0.25) is 0 Å². The number of carbonyl (C=O) groups excluding carboxylic acids is 1. The zero-order chi connectivity index (χ0) is 17.1. The molecule has 0 saturated carbocycles. The summed E-state index contributed by atoms with van der Waals surface area (Å²) in [6.07, 6.45) is 4.28. The third-order valence-corrected chi connectivity index (χ3v) is 7.55. The Morgan fingerprint density at radius 1 is 1.24 bits per heavy atom. The van der Waals surface area contributed by atoms with Crippen LogP contribution in [0.4, 0.5) is 0 Å². The molecule has 2 aliphatic rings. The second-order valence-electron chi connectivity index (χ2n) is 7.29. The molecule has 2 N–H and O–H groups in total. The molecule has 2 aliphatic heterocycles. The van der Waals surface area contributed by atoms with Crippen LogP contribution in [-0.4, -0.2) is 69.0 Å². The highest BCUT2D eigenvalue weighted by atomic mass is 35.5. The lowest BCUT2D eigenvalue weighted by Gasteiger charge is -2.37. The van der Waals surface area contributed by atoms with Crippen LogP contribution in [-0.2, 0) is 14.6 Å². The monoisotopic (exact) mass is 417 g/mol. The molecule has 2 saturated heterocycles. The maximum Gasteiger partial charge on any atom is 0.241 e. The van der Waals surface area contributed by atoms with Crippen LogP contribution < -0.4 is 10.6 Å². The summed E-state index contributed by atoms with van der Waals surface area (Å²) in [5.74, 6) is 0.454. The van der Waals surface area contributed by atoms with Crippen LogP contribution in [0.15, 0.2) is 0 Å². The standard InChI is InChI=1S/C16H31N3O3S.2ClH/c1-13-4-10-19(11-5-13)14(2)12-18-15(20)16(23(3,21)22)6-8-17-9-7-16;;/h13-14,17H,4-12H2,1-3H3,(H,18,20);2*1H. The van der Waals surface area contributed by atoms with Gasteiger partial charge >= 0.3 is 0 Å². The Balaban J connectivity index is 0.00000288. The Morgan fingerprint density at radius 3 is 2.24 bits per heavy atom. The highest BCUT2D eigenvalue weighted by Gasteiger charge is 2.48. The molecule has 1 unspecified atom stereocenters. The van der Waals surface area contributed by atoms with Gasteiger partial charge in [-0.3, -0.25) is 9.69 Å². The lowest BCUT2D eigenvalue weighted by Crippen LogP contribution is -2.58. The molecule has 2 fully saturated rings. The highest BCUT2D eigenvalue weighted by molar-refractivity contribution is 7.92. The molecule has 0 aliphatic carbocycles. The number of carbonyl (C=O) groups is 1. The number of sulfone groups is 1. The maximum atomic E-state index is 12.7. The minimum absolute atomic E-state index is 0. The van der Waals surface area contributed by atoms with Gasteiger partial charge < -0.3 is 10.6 Å². The van der Waals surface area contributed by atoms with Crippen molar-refractivity contribution in [2.24, 2.45) is 5.92 Å². The number of likely N-dealkylation sites (tertiary alicyclic amines) is 1. The number of nitrogens with zero attached hydrogens (tertiary/aromatic N) is 1. The van der Waals surface area contributed by atoms with Crippen molar-refractivity contribution in [3.63, 3.8) is 0 Å². The number of nitrogens with one attached hydrogen (secondary N) is 2. The van der Waals surface area contributed by atoms with Crippen LogP contribution in [0.3, 0.4) is 0 Å². The molecular weight excluding hydrogens is 385 g/mol. The summed E-state index contributed by atoms with van der Waals surface area (Å²) in [6.45, 7) is 8.14. The summed E-state index contributed by atoms with van der Waals surface area (Å²) in [5.41, 5.74) is 0. The summed E-state index contributed by atoms with van der Waals surface area (Å²) in [6, 6.07) is 0.241. The Bertz CT molecular complexity index is 517. The first kappa shape index (κ1) is 24.9. The van der Waals surface area contributed by atoms with E-state index in [0.29, 0.717) is 32.5 Å². The van der Waals surface area contributed by atoms with Gasteiger partial charge in [0.25, 0.3) is 0 Å². The number of piperidine rings is 2. The van der Waals surface area contributed by atoms with E-state index in [-0.39, 0.29) is 36.8 Å². The van der Waals surface area contributed by atoms with Crippen LogP contribution in [0.1, 0.15) is 39.5 Å². The van der Waals surface area contributed by atoms with E-state index in [1.807, 2.05) is 0 Å². The first-order chi connectivity index (χ1) is 10.8. The van der Waals surface area contributed by atoms with E-state index in [2.05, 4.69) is 29.4 Å². The Morgan fingerprint density at radius 2 is 1.76 bits per heavy atom. The van der Waals surface area contributed by atoms with Crippen LogP contribution in [0, 0.1) is 5.92 Å². The van der Waals surface area contributed by atoms with Crippen molar-refractivity contribution in [2.45, 2.75) is 50.3 Å². The number of amides is 1. The van der Waals surface area contributed by atoms with Gasteiger partial charge in [-0.1, -0.05) is 6.92 Å². The highest BCUT2D eigenvalue weighted by Crippen LogP contribution is 2.28. The van der Waals surface area contributed by atoms with E-state index in [1.165, 1.54) is 19.1 Å². The summed E-state index contributed by atoms with van der Waals surface area (Å²) < 4.78 is 23.2. The molecule has 0 aromatic rings. The van der Waals surface area contributed by atoms with Gasteiger partial charge in [-0.05, 0) is 64.7 Å². The van der Waals surface area contributed by atoms with Gasteiger partial charge in [0.2, 0.25) is 5.91 Å². The molecule has 0 aromatic heterocycles. The molecule has 1 atom stereocenters. The van der Waals surface area contributed by atoms with Crippen LogP contribution >= 0.6 is 24.8 Å². The van der Waals surface area contributed by atoms with Crippen molar-refractivity contribution >= 4 is 40.6 Å². The molecule has 1 amide bonds. The maximum absolute atomic E-state index is 12.7. The SMILES string of the molecule is CC1CCN(C(C)CNC(=O)C2(S(C)(=O)=O)CCNCC2)CC1.Cl.Cl. The van der Waals surface area contributed by atoms with Crippen molar-refractivity contribution in [3.8, 4) is 0 Å². The fourth-order valence-corrected chi connectivity index (χ4v) is 4.95. The smallest absolute Gasteiger partial charge is 0.241 e. The van der Waals surface area contributed by atoms with Gasteiger partial charge in [0, 0.05) is 18.8 Å². The normalized spacial score (nSPS) is 23.0. The van der Waals surface area contributed by atoms with Crippen molar-refractivity contribution in [1.82, 2.24) is 15.5 Å². The van der Waals surface area contributed by atoms with E-state index in [1.54, 1.807) is 0 Å². The van der Waals surface area contributed by atoms with Gasteiger partial charge in [0.15, 0.2) is 14.6 Å². The Labute approximate surface area is 164 Å². The predicted molar refractivity (Wildman–Crippen MR) is 107 cm³/mol. The number of hydrogen-bond donors (Lipinski definition) is 2. The molecule has 25 heavy (non-hydrogen) atoms.